The van der Waals surface area contributed by atoms with E-state index in [1.165, 1.54) is 19.3 Å². The van der Waals surface area contributed by atoms with Gasteiger partial charge in [-0.3, -0.25) is 0 Å². The number of hydrogen-bond donors (Lipinski definition) is 1. The maximum atomic E-state index is 5.79. The highest BCUT2D eigenvalue weighted by atomic mass is 32.1. The number of nitrogens with zero attached hydrogens (tertiary/aromatic N) is 2. The fourth-order valence-electron chi connectivity index (χ4n) is 2.53. The number of anilines is 1. The largest absolute Gasteiger partial charge is 0.378 e. The van der Waals surface area contributed by atoms with Crippen molar-refractivity contribution < 1.29 is 4.74 Å². The summed E-state index contributed by atoms with van der Waals surface area (Å²) in [5.74, 6) is 0. The highest BCUT2D eigenvalue weighted by molar-refractivity contribution is 7.15. The first kappa shape index (κ1) is 14.8. The van der Waals surface area contributed by atoms with Gasteiger partial charge in [-0.05, 0) is 24.7 Å². The number of aromatic nitrogens is 1. The molecule has 4 nitrogen and oxygen atoms in total. The molecule has 19 heavy (non-hydrogen) atoms. The summed E-state index contributed by atoms with van der Waals surface area (Å²) in [7, 11) is 1.70. The lowest BCUT2D eigenvalue weighted by atomic mass is 9.85. The van der Waals surface area contributed by atoms with Crippen LogP contribution in [-0.4, -0.2) is 25.2 Å². The Morgan fingerprint density at radius 2 is 2.16 bits per heavy atom. The Labute approximate surface area is 120 Å². The van der Waals surface area contributed by atoms with Gasteiger partial charge in [0.05, 0.1) is 12.3 Å². The van der Waals surface area contributed by atoms with Gasteiger partial charge in [0.2, 0.25) is 0 Å². The molecular formula is C14H25N3OS. The third kappa shape index (κ3) is 3.68. The van der Waals surface area contributed by atoms with Gasteiger partial charge in [0.1, 0.15) is 0 Å². The summed E-state index contributed by atoms with van der Waals surface area (Å²) in [5, 5.41) is 1.12. The van der Waals surface area contributed by atoms with Crippen molar-refractivity contribution in [3.8, 4) is 0 Å². The van der Waals surface area contributed by atoms with Crippen LogP contribution in [0.3, 0.4) is 0 Å². The molecule has 1 aromatic rings. The van der Waals surface area contributed by atoms with Gasteiger partial charge in [-0.1, -0.05) is 13.8 Å². The van der Waals surface area contributed by atoms with Gasteiger partial charge in [0.25, 0.3) is 0 Å². The summed E-state index contributed by atoms with van der Waals surface area (Å²) in [6.07, 6.45) is 3.76. The van der Waals surface area contributed by atoms with Gasteiger partial charge in [-0.2, -0.15) is 0 Å². The van der Waals surface area contributed by atoms with Crippen LogP contribution in [0, 0.1) is 5.41 Å². The predicted molar refractivity (Wildman–Crippen MR) is 80.6 cm³/mol. The van der Waals surface area contributed by atoms with Crippen LogP contribution in [0.15, 0.2) is 0 Å². The minimum Gasteiger partial charge on any atom is -0.378 e. The monoisotopic (exact) mass is 283 g/mol. The van der Waals surface area contributed by atoms with E-state index in [0.29, 0.717) is 18.6 Å². The topological polar surface area (TPSA) is 51.4 Å². The molecule has 0 bridgehead atoms. The van der Waals surface area contributed by atoms with E-state index in [9.17, 15) is 0 Å². The summed E-state index contributed by atoms with van der Waals surface area (Å²) < 4.78 is 5.20. The minimum atomic E-state index is 0.456. The van der Waals surface area contributed by atoms with E-state index < -0.39 is 0 Å². The molecule has 0 radical (unpaired) electrons. The summed E-state index contributed by atoms with van der Waals surface area (Å²) in [6.45, 7) is 8.03. The lowest BCUT2D eigenvalue weighted by Crippen LogP contribution is -2.24. The van der Waals surface area contributed by atoms with Crippen molar-refractivity contribution in [1.82, 2.24) is 4.98 Å². The number of methoxy groups -OCH3 is 1. The van der Waals surface area contributed by atoms with Crippen LogP contribution in [0.4, 0.5) is 5.13 Å². The van der Waals surface area contributed by atoms with Gasteiger partial charge in [-0.25, -0.2) is 4.98 Å². The molecule has 0 aliphatic carbocycles. The zero-order valence-corrected chi connectivity index (χ0v) is 13.1. The summed E-state index contributed by atoms with van der Waals surface area (Å²) in [5.41, 5.74) is 7.26. The molecule has 1 fully saturated rings. The molecule has 1 saturated heterocycles. The first-order valence-electron chi connectivity index (χ1n) is 6.98. The van der Waals surface area contributed by atoms with Crippen molar-refractivity contribution in [3.05, 3.63) is 10.6 Å². The van der Waals surface area contributed by atoms with Crippen LogP contribution >= 0.6 is 11.3 Å². The number of thiazole rings is 1. The van der Waals surface area contributed by atoms with Crippen molar-refractivity contribution in [3.63, 3.8) is 0 Å². The van der Waals surface area contributed by atoms with E-state index in [4.69, 9.17) is 15.5 Å². The molecule has 1 aromatic heterocycles. The molecular weight excluding hydrogens is 258 g/mol. The lowest BCUT2D eigenvalue weighted by molar-refractivity contribution is 0.181. The van der Waals surface area contributed by atoms with Crippen LogP contribution in [-0.2, 0) is 17.9 Å². The van der Waals surface area contributed by atoms with Gasteiger partial charge in [0, 0.05) is 31.6 Å². The third-order valence-electron chi connectivity index (χ3n) is 3.84. The Hall–Kier alpha value is -0.650. The summed E-state index contributed by atoms with van der Waals surface area (Å²) in [6, 6.07) is 0. The second kappa shape index (κ2) is 6.20. The van der Waals surface area contributed by atoms with E-state index in [2.05, 4.69) is 18.7 Å². The van der Waals surface area contributed by atoms with E-state index >= 15 is 0 Å². The van der Waals surface area contributed by atoms with Crippen molar-refractivity contribution in [2.45, 2.75) is 46.3 Å². The molecule has 2 heterocycles. The quantitative estimate of drug-likeness (QED) is 0.923. The normalized spacial score (nSPS) is 19.5. The van der Waals surface area contributed by atoms with Crippen molar-refractivity contribution in [2.24, 2.45) is 11.1 Å². The SMILES string of the molecule is COCc1nc(N2CCCC(C)(C)CC2)sc1CN. The van der Waals surface area contributed by atoms with Crippen LogP contribution < -0.4 is 10.6 Å². The molecule has 5 heteroatoms. The van der Waals surface area contributed by atoms with E-state index in [1.54, 1.807) is 18.4 Å². The first-order valence-corrected chi connectivity index (χ1v) is 7.80. The van der Waals surface area contributed by atoms with E-state index in [-0.39, 0.29) is 0 Å². The fraction of sp³-hybridized carbons (Fsp3) is 0.786. The van der Waals surface area contributed by atoms with Gasteiger partial charge in [0.15, 0.2) is 5.13 Å². The molecule has 0 aromatic carbocycles. The zero-order valence-electron chi connectivity index (χ0n) is 12.2. The molecule has 108 valence electrons. The van der Waals surface area contributed by atoms with Gasteiger partial charge >= 0.3 is 0 Å². The highest BCUT2D eigenvalue weighted by Crippen LogP contribution is 2.34. The molecule has 2 rings (SSSR count). The number of rotatable bonds is 4. The van der Waals surface area contributed by atoms with E-state index in [0.717, 1.165) is 28.8 Å². The standard InChI is InChI=1S/C14H25N3OS/c1-14(2)5-4-7-17(8-6-14)13-16-11(10-18-3)12(9-15)19-13/h4-10,15H2,1-3H3. The number of ether oxygens (including phenoxy) is 1. The Morgan fingerprint density at radius 1 is 1.37 bits per heavy atom. The summed E-state index contributed by atoms with van der Waals surface area (Å²) in [4.78, 5) is 8.29. The lowest BCUT2D eigenvalue weighted by Gasteiger charge is -2.22. The maximum absolute atomic E-state index is 5.79. The zero-order chi connectivity index (χ0) is 13.9. The average molecular weight is 283 g/mol. The number of hydrogen-bond acceptors (Lipinski definition) is 5. The highest BCUT2D eigenvalue weighted by Gasteiger charge is 2.25. The Bertz CT molecular complexity index is 417. The fourth-order valence-corrected chi connectivity index (χ4v) is 3.52. The molecule has 0 saturated carbocycles. The Kier molecular flexibility index (Phi) is 4.81. The van der Waals surface area contributed by atoms with Crippen molar-refractivity contribution in [1.29, 1.82) is 0 Å². The molecule has 0 spiro atoms. The van der Waals surface area contributed by atoms with Crippen molar-refractivity contribution >= 4 is 16.5 Å². The van der Waals surface area contributed by atoms with Crippen LogP contribution in [0.2, 0.25) is 0 Å². The Morgan fingerprint density at radius 3 is 2.84 bits per heavy atom. The molecule has 1 aliphatic rings. The Balaban J connectivity index is 2.12. The second-order valence-corrected chi connectivity index (χ2v) is 7.07. The van der Waals surface area contributed by atoms with E-state index in [1.807, 2.05) is 0 Å². The summed E-state index contributed by atoms with van der Waals surface area (Å²) >= 11 is 1.73. The predicted octanol–water partition coefficient (Wildman–Crippen LogP) is 2.76. The number of nitrogens with two attached hydrogens (primary N) is 1. The van der Waals surface area contributed by atoms with Crippen molar-refractivity contribution in [2.75, 3.05) is 25.1 Å². The average Bonchev–Trinajstić information content (AvgIpc) is 2.67. The molecule has 0 atom stereocenters. The molecule has 0 amide bonds. The molecule has 2 N–H and O–H groups in total. The van der Waals surface area contributed by atoms with Gasteiger partial charge in [-0.15, -0.1) is 11.3 Å². The van der Waals surface area contributed by atoms with Crippen LogP contribution in [0.1, 0.15) is 43.7 Å². The molecule has 0 unspecified atom stereocenters. The second-order valence-electron chi connectivity index (χ2n) is 6.01. The van der Waals surface area contributed by atoms with Gasteiger partial charge < -0.3 is 15.4 Å². The van der Waals surface area contributed by atoms with Crippen LogP contribution in [0.5, 0.6) is 0 Å². The maximum Gasteiger partial charge on any atom is 0.185 e. The minimum absolute atomic E-state index is 0.456. The van der Waals surface area contributed by atoms with Crippen LogP contribution in [0.25, 0.3) is 0 Å². The third-order valence-corrected chi connectivity index (χ3v) is 5.02. The molecule has 1 aliphatic heterocycles. The first-order chi connectivity index (χ1) is 9.05. The smallest absolute Gasteiger partial charge is 0.185 e.